The number of carbonyl (C=O) groups excluding carboxylic acids is 1. The Labute approximate surface area is 107 Å². The monoisotopic (exact) mass is 274 g/mol. The van der Waals surface area contributed by atoms with Gasteiger partial charge in [-0.05, 0) is 0 Å². The number of morpholine rings is 1. The number of nitrogens with two attached hydrogens (primary N) is 1. The third kappa shape index (κ3) is 2.87. The predicted molar refractivity (Wildman–Crippen MR) is 61.0 cm³/mol. The van der Waals surface area contributed by atoms with Crippen LogP contribution in [-0.2, 0) is 4.74 Å². The van der Waals surface area contributed by atoms with Crippen LogP contribution in [0.3, 0.4) is 0 Å². The molecule has 1 fully saturated rings. The third-order valence-electron chi connectivity index (χ3n) is 2.91. The topological polar surface area (TPSA) is 55.6 Å². The van der Waals surface area contributed by atoms with Crippen molar-refractivity contribution < 1.29 is 22.7 Å². The van der Waals surface area contributed by atoms with Crippen molar-refractivity contribution >= 4 is 5.91 Å². The molecule has 1 aliphatic heterocycles. The molecule has 1 atom stereocenters. The number of nitrogens with zero attached hydrogens (tertiary/aromatic N) is 1. The Kier molecular flexibility index (Phi) is 4.06. The van der Waals surface area contributed by atoms with E-state index in [1.54, 1.807) is 0 Å². The Hall–Kier alpha value is -1.60. The van der Waals surface area contributed by atoms with Crippen LogP contribution in [0.15, 0.2) is 12.1 Å². The summed E-state index contributed by atoms with van der Waals surface area (Å²) in [5.41, 5.74) is 4.67. The minimum Gasteiger partial charge on any atom is -0.373 e. The summed E-state index contributed by atoms with van der Waals surface area (Å²) in [4.78, 5) is 13.3. The summed E-state index contributed by atoms with van der Waals surface area (Å²) < 4.78 is 45.1. The molecule has 19 heavy (non-hydrogen) atoms. The number of rotatable bonds is 2. The fourth-order valence-electron chi connectivity index (χ4n) is 1.95. The van der Waals surface area contributed by atoms with Gasteiger partial charge < -0.3 is 15.4 Å². The molecule has 0 spiro atoms. The van der Waals surface area contributed by atoms with Crippen LogP contribution in [0.25, 0.3) is 0 Å². The van der Waals surface area contributed by atoms with Gasteiger partial charge in [0, 0.05) is 31.8 Å². The molecule has 0 radical (unpaired) electrons. The van der Waals surface area contributed by atoms with E-state index < -0.39 is 28.9 Å². The normalized spacial score (nSPS) is 19.6. The Bertz CT molecular complexity index is 473. The molecule has 2 rings (SSSR count). The number of hydrogen-bond acceptors (Lipinski definition) is 3. The summed E-state index contributed by atoms with van der Waals surface area (Å²) in [6.45, 7) is 0.827. The van der Waals surface area contributed by atoms with Gasteiger partial charge in [0.05, 0.1) is 12.7 Å². The first-order valence-corrected chi connectivity index (χ1v) is 5.78. The van der Waals surface area contributed by atoms with Crippen LogP contribution in [0.2, 0.25) is 0 Å². The standard InChI is InChI=1S/C12H13F3N2O2/c13-7-3-9(14)11(10(15)4-7)12(18)17-1-2-19-8(5-16)6-17/h3-4,8H,1-2,5-6,16H2/t8-/m1/s1. The average molecular weight is 274 g/mol. The van der Waals surface area contributed by atoms with Crippen LogP contribution in [0.4, 0.5) is 13.2 Å². The van der Waals surface area contributed by atoms with Crippen LogP contribution in [0, 0.1) is 17.5 Å². The highest BCUT2D eigenvalue weighted by Crippen LogP contribution is 2.18. The Morgan fingerprint density at radius 3 is 2.58 bits per heavy atom. The van der Waals surface area contributed by atoms with Crippen molar-refractivity contribution in [3.05, 3.63) is 35.1 Å². The molecule has 0 bridgehead atoms. The second-order valence-corrected chi connectivity index (χ2v) is 4.22. The molecule has 2 N–H and O–H groups in total. The van der Waals surface area contributed by atoms with E-state index in [2.05, 4.69) is 0 Å². The van der Waals surface area contributed by atoms with Gasteiger partial charge in [0.1, 0.15) is 23.0 Å². The second kappa shape index (κ2) is 5.58. The van der Waals surface area contributed by atoms with Crippen molar-refractivity contribution in [2.75, 3.05) is 26.2 Å². The van der Waals surface area contributed by atoms with Crippen LogP contribution < -0.4 is 5.73 Å². The first-order chi connectivity index (χ1) is 9.02. The lowest BCUT2D eigenvalue weighted by atomic mass is 10.1. The molecular weight excluding hydrogens is 261 g/mol. The van der Waals surface area contributed by atoms with Crippen molar-refractivity contribution in [3.8, 4) is 0 Å². The lowest BCUT2D eigenvalue weighted by Crippen LogP contribution is -2.48. The molecule has 1 heterocycles. The molecule has 1 aromatic carbocycles. The van der Waals surface area contributed by atoms with E-state index >= 15 is 0 Å². The van der Waals surface area contributed by atoms with E-state index in [-0.39, 0.29) is 32.3 Å². The number of carbonyl (C=O) groups is 1. The molecule has 7 heteroatoms. The SMILES string of the molecule is NC[C@@H]1CN(C(=O)c2c(F)cc(F)cc2F)CCO1. The van der Waals surface area contributed by atoms with Gasteiger partial charge in [0.25, 0.3) is 5.91 Å². The van der Waals surface area contributed by atoms with Gasteiger partial charge in [0.2, 0.25) is 0 Å². The molecule has 1 amide bonds. The van der Waals surface area contributed by atoms with Crippen LogP contribution in [0.5, 0.6) is 0 Å². The summed E-state index contributed by atoms with van der Waals surface area (Å²) in [5, 5.41) is 0. The Morgan fingerprint density at radius 1 is 1.37 bits per heavy atom. The fraction of sp³-hybridized carbons (Fsp3) is 0.417. The van der Waals surface area contributed by atoms with E-state index in [4.69, 9.17) is 10.5 Å². The maximum Gasteiger partial charge on any atom is 0.260 e. The average Bonchev–Trinajstić information content (AvgIpc) is 2.37. The maximum atomic E-state index is 13.5. The zero-order valence-electron chi connectivity index (χ0n) is 10.0. The summed E-state index contributed by atoms with van der Waals surface area (Å²) in [6.07, 6.45) is -0.357. The van der Waals surface area contributed by atoms with Crippen molar-refractivity contribution in [1.29, 1.82) is 0 Å². The molecule has 1 aromatic rings. The summed E-state index contributed by atoms with van der Waals surface area (Å²) in [7, 11) is 0. The van der Waals surface area contributed by atoms with Crippen molar-refractivity contribution in [2.24, 2.45) is 5.73 Å². The number of halogens is 3. The molecule has 0 aliphatic carbocycles. The van der Waals surface area contributed by atoms with Crippen molar-refractivity contribution in [3.63, 3.8) is 0 Å². The first kappa shape index (κ1) is 13.8. The first-order valence-electron chi connectivity index (χ1n) is 5.78. The molecule has 1 aliphatic rings. The van der Waals surface area contributed by atoms with Gasteiger partial charge in [0.15, 0.2) is 0 Å². The van der Waals surface area contributed by atoms with E-state index in [1.165, 1.54) is 4.90 Å². The van der Waals surface area contributed by atoms with Crippen molar-refractivity contribution in [2.45, 2.75) is 6.10 Å². The van der Waals surface area contributed by atoms with Gasteiger partial charge >= 0.3 is 0 Å². The number of amides is 1. The Balaban J connectivity index is 2.24. The minimum absolute atomic E-state index is 0.158. The van der Waals surface area contributed by atoms with E-state index in [0.29, 0.717) is 12.1 Å². The maximum absolute atomic E-state index is 13.5. The third-order valence-corrected chi connectivity index (χ3v) is 2.91. The molecule has 0 unspecified atom stereocenters. The lowest BCUT2D eigenvalue weighted by molar-refractivity contribution is -0.0170. The molecule has 104 valence electrons. The molecule has 1 saturated heterocycles. The molecule has 0 saturated carbocycles. The van der Waals surface area contributed by atoms with Crippen LogP contribution in [0.1, 0.15) is 10.4 Å². The van der Waals surface area contributed by atoms with Crippen LogP contribution in [-0.4, -0.2) is 43.2 Å². The number of ether oxygens (including phenoxy) is 1. The van der Waals surface area contributed by atoms with Crippen LogP contribution >= 0.6 is 0 Å². The van der Waals surface area contributed by atoms with Gasteiger partial charge in [-0.15, -0.1) is 0 Å². The quantitative estimate of drug-likeness (QED) is 0.872. The lowest BCUT2D eigenvalue weighted by Gasteiger charge is -2.32. The zero-order chi connectivity index (χ0) is 14.0. The van der Waals surface area contributed by atoms with Gasteiger partial charge in [-0.25, -0.2) is 13.2 Å². The number of benzene rings is 1. The summed E-state index contributed by atoms with van der Waals surface area (Å²) >= 11 is 0. The van der Waals surface area contributed by atoms with E-state index in [1.807, 2.05) is 0 Å². The highest BCUT2D eigenvalue weighted by molar-refractivity contribution is 5.94. The molecule has 0 aromatic heterocycles. The second-order valence-electron chi connectivity index (χ2n) is 4.22. The van der Waals surface area contributed by atoms with Gasteiger partial charge in [-0.1, -0.05) is 0 Å². The minimum atomic E-state index is -1.21. The highest BCUT2D eigenvalue weighted by Gasteiger charge is 2.28. The predicted octanol–water partition coefficient (Wildman–Crippen LogP) is 0.904. The molecule has 4 nitrogen and oxygen atoms in total. The van der Waals surface area contributed by atoms with Gasteiger partial charge in [-0.3, -0.25) is 4.79 Å². The van der Waals surface area contributed by atoms with E-state index in [9.17, 15) is 18.0 Å². The number of hydrogen-bond donors (Lipinski definition) is 1. The van der Waals surface area contributed by atoms with Gasteiger partial charge in [-0.2, -0.15) is 0 Å². The van der Waals surface area contributed by atoms with E-state index in [0.717, 1.165) is 0 Å². The van der Waals surface area contributed by atoms with Crippen molar-refractivity contribution in [1.82, 2.24) is 4.90 Å². The summed E-state index contributed by atoms with van der Waals surface area (Å²) in [6, 6.07) is 0.967. The zero-order valence-corrected chi connectivity index (χ0v) is 10.0. The fourth-order valence-corrected chi connectivity index (χ4v) is 1.95. The largest absolute Gasteiger partial charge is 0.373 e. The highest BCUT2D eigenvalue weighted by atomic mass is 19.1. The Morgan fingerprint density at radius 2 is 2.00 bits per heavy atom. The summed E-state index contributed by atoms with van der Waals surface area (Å²) in [5.74, 6) is -4.30. The smallest absolute Gasteiger partial charge is 0.260 e. The molecular formula is C12H13F3N2O2.